The SMILES string of the molecule is O=C(O)CN1CC(NC(CCc2ccccc2)C(=O)O)CSC(C2=COCC=C2)C1. The lowest BCUT2D eigenvalue weighted by Crippen LogP contribution is -2.50. The topological polar surface area (TPSA) is 99.1 Å². The summed E-state index contributed by atoms with van der Waals surface area (Å²) in [6, 6.07) is 9.02. The number of carbonyl (C=O) groups is 2. The number of nitrogens with zero attached hydrogens (tertiary/aromatic N) is 1. The van der Waals surface area contributed by atoms with Crippen LogP contribution in [0.25, 0.3) is 0 Å². The average Bonchev–Trinajstić information content (AvgIpc) is 2.94. The summed E-state index contributed by atoms with van der Waals surface area (Å²) < 4.78 is 5.40. The Morgan fingerprint density at radius 2 is 2.03 bits per heavy atom. The maximum absolute atomic E-state index is 11.8. The molecule has 0 spiro atoms. The number of aliphatic carboxylic acids is 2. The summed E-state index contributed by atoms with van der Waals surface area (Å²) >= 11 is 1.71. The first-order valence-corrected chi connectivity index (χ1v) is 11.1. The molecule has 0 radical (unpaired) electrons. The van der Waals surface area contributed by atoms with Gasteiger partial charge in [0.1, 0.15) is 12.6 Å². The van der Waals surface area contributed by atoms with E-state index < -0.39 is 18.0 Å². The second kappa shape index (κ2) is 11.2. The van der Waals surface area contributed by atoms with Crippen LogP contribution in [-0.4, -0.2) is 76.4 Å². The lowest BCUT2D eigenvalue weighted by Gasteiger charge is -2.26. The number of aryl methyl sites for hydroxylation is 1. The highest BCUT2D eigenvalue weighted by atomic mass is 32.2. The zero-order valence-electron chi connectivity index (χ0n) is 16.8. The van der Waals surface area contributed by atoms with E-state index in [2.05, 4.69) is 5.32 Å². The van der Waals surface area contributed by atoms with Crippen molar-refractivity contribution in [3.63, 3.8) is 0 Å². The number of carboxylic acids is 2. The van der Waals surface area contributed by atoms with Gasteiger partial charge in [0.15, 0.2) is 0 Å². The molecule has 3 atom stereocenters. The van der Waals surface area contributed by atoms with E-state index in [1.165, 1.54) is 0 Å². The lowest BCUT2D eigenvalue weighted by molar-refractivity contribution is -0.140. The zero-order valence-corrected chi connectivity index (χ0v) is 17.6. The van der Waals surface area contributed by atoms with Crippen LogP contribution in [0.3, 0.4) is 0 Å². The molecule has 3 N–H and O–H groups in total. The van der Waals surface area contributed by atoms with Crippen molar-refractivity contribution in [2.45, 2.75) is 30.2 Å². The first-order valence-electron chi connectivity index (χ1n) is 10.1. The van der Waals surface area contributed by atoms with Crippen LogP contribution in [0.1, 0.15) is 12.0 Å². The van der Waals surface area contributed by atoms with Crippen molar-refractivity contribution in [3.05, 3.63) is 59.9 Å². The van der Waals surface area contributed by atoms with Gasteiger partial charge in [-0.1, -0.05) is 36.4 Å². The van der Waals surface area contributed by atoms with Crippen LogP contribution < -0.4 is 5.32 Å². The molecule has 1 fully saturated rings. The average molecular weight is 433 g/mol. The third-order valence-corrected chi connectivity index (χ3v) is 6.57. The fourth-order valence-corrected chi connectivity index (χ4v) is 5.02. The molecule has 2 aliphatic heterocycles. The number of benzene rings is 1. The van der Waals surface area contributed by atoms with Gasteiger partial charge in [-0.3, -0.25) is 19.8 Å². The number of hydrogen-bond donors (Lipinski definition) is 3. The van der Waals surface area contributed by atoms with Gasteiger partial charge >= 0.3 is 11.9 Å². The Morgan fingerprint density at radius 3 is 2.70 bits per heavy atom. The molecule has 162 valence electrons. The first kappa shape index (κ1) is 22.4. The Hall–Kier alpha value is -2.29. The fourth-order valence-electron chi connectivity index (χ4n) is 3.71. The molecule has 0 bridgehead atoms. The number of rotatable bonds is 9. The van der Waals surface area contributed by atoms with Gasteiger partial charge in [0.05, 0.1) is 12.8 Å². The standard InChI is InChI=1S/C22H28N2O5S/c25-21(26)13-24-11-18(15-30-20(12-24)17-7-4-10-29-14-17)23-19(22(27)28)9-8-16-5-2-1-3-6-16/h1-7,14,18-20,23H,8-13,15H2,(H,25,26)(H,27,28). The van der Waals surface area contributed by atoms with Crippen molar-refractivity contribution in [2.24, 2.45) is 0 Å². The Bertz CT molecular complexity index is 783. The Morgan fingerprint density at radius 1 is 1.23 bits per heavy atom. The minimum absolute atomic E-state index is 0.0746. The Balaban J connectivity index is 1.64. The molecule has 1 aromatic rings. The summed E-state index contributed by atoms with van der Waals surface area (Å²) in [6.07, 6.45) is 6.85. The quantitative estimate of drug-likeness (QED) is 0.545. The highest BCUT2D eigenvalue weighted by molar-refractivity contribution is 8.00. The summed E-state index contributed by atoms with van der Waals surface area (Å²) in [5.41, 5.74) is 2.13. The first-order chi connectivity index (χ1) is 14.5. The summed E-state index contributed by atoms with van der Waals surface area (Å²) in [5.74, 6) is -1.07. The maximum atomic E-state index is 11.8. The summed E-state index contributed by atoms with van der Waals surface area (Å²) in [6.45, 7) is 1.54. The van der Waals surface area contributed by atoms with Gasteiger partial charge in [-0.15, -0.1) is 0 Å². The highest BCUT2D eigenvalue weighted by Gasteiger charge is 2.30. The van der Waals surface area contributed by atoms with E-state index in [-0.39, 0.29) is 17.8 Å². The van der Waals surface area contributed by atoms with Crippen molar-refractivity contribution in [1.82, 2.24) is 10.2 Å². The summed E-state index contributed by atoms with van der Waals surface area (Å²) in [5, 5.41) is 22.4. The molecule has 1 aromatic carbocycles. The van der Waals surface area contributed by atoms with E-state index >= 15 is 0 Å². The predicted octanol–water partition coefficient (Wildman–Crippen LogP) is 2.00. The molecular weight excluding hydrogens is 404 g/mol. The molecule has 0 aliphatic carbocycles. The number of ether oxygens (including phenoxy) is 1. The van der Waals surface area contributed by atoms with Gasteiger partial charge in [0.2, 0.25) is 0 Å². The third kappa shape index (κ3) is 6.90. The highest BCUT2D eigenvalue weighted by Crippen LogP contribution is 2.27. The van der Waals surface area contributed by atoms with Crippen LogP contribution in [0.4, 0.5) is 0 Å². The van der Waals surface area contributed by atoms with Crippen LogP contribution in [0.5, 0.6) is 0 Å². The van der Waals surface area contributed by atoms with Gasteiger partial charge in [-0.25, -0.2) is 0 Å². The Kier molecular flexibility index (Phi) is 8.36. The summed E-state index contributed by atoms with van der Waals surface area (Å²) in [7, 11) is 0. The van der Waals surface area contributed by atoms with Gasteiger partial charge in [0.25, 0.3) is 0 Å². The van der Waals surface area contributed by atoms with Crippen LogP contribution in [0.15, 0.2) is 54.3 Å². The monoisotopic (exact) mass is 432 g/mol. The van der Waals surface area contributed by atoms with Crippen molar-refractivity contribution in [3.8, 4) is 0 Å². The zero-order chi connectivity index (χ0) is 21.3. The largest absolute Gasteiger partial charge is 0.497 e. The smallest absolute Gasteiger partial charge is 0.320 e. The van der Waals surface area contributed by atoms with Gasteiger partial charge in [0, 0.05) is 35.7 Å². The second-order valence-electron chi connectivity index (χ2n) is 7.54. The summed E-state index contributed by atoms with van der Waals surface area (Å²) in [4.78, 5) is 25.1. The molecule has 8 heteroatoms. The molecule has 0 saturated carbocycles. The number of hydrogen-bond acceptors (Lipinski definition) is 6. The van der Waals surface area contributed by atoms with E-state index in [1.807, 2.05) is 47.4 Å². The molecule has 30 heavy (non-hydrogen) atoms. The van der Waals surface area contributed by atoms with E-state index in [4.69, 9.17) is 4.74 Å². The van der Waals surface area contributed by atoms with Gasteiger partial charge in [-0.2, -0.15) is 11.8 Å². The number of thioether (sulfide) groups is 1. The van der Waals surface area contributed by atoms with Crippen molar-refractivity contribution in [2.75, 3.05) is 32.0 Å². The van der Waals surface area contributed by atoms with Gasteiger partial charge in [-0.05, 0) is 24.5 Å². The molecular formula is C22H28N2O5S. The molecule has 7 nitrogen and oxygen atoms in total. The van der Waals surface area contributed by atoms with E-state index in [9.17, 15) is 19.8 Å². The Labute approximate surface area is 180 Å². The van der Waals surface area contributed by atoms with Crippen LogP contribution in [0.2, 0.25) is 0 Å². The van der Waals surface area contributed by atoms with E-state index in [0.717, 1.165) is 11.1 Å². The van der Waals surface area contributed by atoms with Crippen molar-refractivity contribution < 1.29 is 24.5 Å². The van der Waals surface area contributed by atoms with Crippen LogP contribution in [0, 0.1) is 0 Å². The molecule has 2 heterocycles. The predicted molar refractivity (Wildman–Crippen MR) is 117 cm³/mol. The second-order valence-corrected chi connectivity index (χ2v) is 8.78. The molecule has 0 amide bonds. The van der Waals surface area contributed by atoms with E-state index in [0.29, 0.717) is 38.3 Å². The molecule has 3 rings (SSSR count). The lowest BCUT2D eigenvalue weighted by atomic mass is 10.0. The molecule has 2 aliphatic rings. The van der Waals surface area contributed by atoms with Crippen LogP contribution in [-0.2, 0) is 20.7 Å². The van der Waals surface area contributed by atoms with Gasteiger partial charge < -0.3 is 14.9 Å². The number of carboxylic acid groups (broad SMARTS) is 2. The number of allylic oxidation sites excluding steroid dienone is 1. The minimum atomic E-state index is -0.886. The third-order valence-electron chi connectivity index (χ3n) is 5.15. The van der Waals surface area contributed by atoms with Crippen LogP contribution >= 0.6 is 11.8 Å². The number of nitrogens with one attached hydrogen (secondary N) is 1. The molecule has 1 saturated heterocycles. The minimum Gasteiger partial charge on any atom is -0.497 e. The van der Waals surface area contributed by atoms with Crippen molar-refractivity contribution in [1.29, 1.82) is 0 Å². The molecule has 3 unspecified atom stereocenters. The fraction of sp³-hybridized carbons (Fsp3) is 0.455. The normalized spacial score (nSPS) is 23.1. The van der Waals surface area contributed by atoms with E-state index in [1.54, 1.807) is 18.0 Å². The van der Waals surface area contributed by atoms with Crippen molar-refractivity contribution >= 4 is 23.7 Å². The molecule has 0 aromatic heterocycles. The maximum Gasteiger partial charge on any atom is 0.320 e.